The minimum absolute atomic E-state index is 0.566. The zero-order valence-corrected chi connectivity index (χ0v) is 12.1. The van der Waals surface area contributed by atoms with Crippen LogP contribution >= 0.6 is 11.8 Å². The molecule has 0 amide bonds. The van der Waals surface area contributed by atoms with Crippen LogP contribution in [0.1, 0.15) is 11.1 Å². The van der Waals surface area contributed by atoms with Crippen molar-refractivity contribution in [3.63, 3.8) is 0 Å². The van der Waals surface area contributed by atoms with E-state index in [0.29, 0.717) is 11.1 Å². The van der Waals surface area contributed by atoms with E-state index in [1.54, 1.807) is 18.2 Å². The van der Waals surface area contributed by atoms with E-state index < -0.39 is 0 Å². The van der Waals surface area contributed by atoms with E-state index in [2.05, 4.69) is 12.1 Å². The largest absolute Gasteiger partial charge is 0.378 e. The molecule has 0 aliphatic carbocycles. The first-order chi connectivity index (χ1) is 9.63. The molecule has 0 N–H and O–H groups in total. The van der Waals surface area contributed by atoms with Crippen molar-refractivity contribution in [2.45, 2.75) is 9.79 Å². The highest BCUT2D eigenvalue weighted by Crippen LogP contribution is 2.31. The molecule has 2 aromatic carbocycles. The first-order valence-electron chi connectivity index (χ1n) is 6.03. The molecule has 3 nitrogen and oxygen atoms in total. The molecule has 2 rings (SSSR count). The van der Waals surface area contributed by atoms with Gasteiger partial charge in [-0.2, -0.15) is 10.5 Å². The average molecular weight is 279 g/mol. The van der Waals surface area contributed by atoms with Crippen LogP contribution in [0.4, 0.5) is 5.69 Å². The van der Waals surface area contributed by atoms with Gasteiger partial charge in [0.2, 0.25) is 0 Å². The molecule has 98 valence electrons. The average Bonchev–Trinajstić information content (AvgIpc) is 2.47. The van der Waals surface area contributed by atoms with E-state index >= 15 is 0 Å². The number of nitriles is 2. The maximum absolute atomic E-state index is 9.12. The summed E-state index contributed by atoms with van der Waals surface area (Å²) < 4.78 is 0. The molecule has 0 heterocycles. The summed E-state index contributed by atoms with van der Waals surface area (Å²) in [6.45, 7) is 0. The molecule has 0 unspecified atom stereocenters. The van der Waals surface area contributed by atoms with E-state index in [0.717, 1.165) is 15.5 Å². The number of benzene rings is 2. The van der Waals surface area contributed by atoms with Crippen LogP contribution in [0.3, 0.4) is 0 Å². The van der Waals surface area contributed by atoms with Crippen LogP contribution in [-0.4, -0.2) is 14.1 Å². The van der Waals surface area contributed by atoms with Gasteiger partial charge in [0.15, 0.2) is 0 Å². The second-order valence-corrected chi connectivity index (χ2v) is 5.54. The summed E-state index contributed by atoms with van der Waals surface area (Å²) in [7, 11) is 3.98. The van der Waals surface area contributed by atoms with Gasteiger partial charge in [-0.1, -0.05) is 11.8 Å². The fourth-order valence-corrected chi connectivity index (χ4v) is 2.64. The van der Waals surface area contributed by atoms with Crippen LogP contribution in [0.5, 0.6) is 0 Å². The van der Waals surface area contributed by atoms with Crippen LogP contribution in [-0.2, 0) is 0 Å². The van der Waals surface area contributed by atoms with Crippen molar-refractivity contribution >= 4 is 17.4 Å². The van der Waals surface area contributed by atoms with Gasteiger partial charge in [-0.3, -0.25) is 0 Å². The molecule has 0 saturated heterocycles. The number of hydrogen-bond donors (Lipinski definition) is 0. The lowest BCUT2D eigenvalue weighted by Gasteiger charge is -2.12. The second kappa shape index (κ2) is 6.14. The monoisotopic (exact) mass is 279 g/mol. The van der Waals surface area contributed by atoms with Gasteiger partial charge in [0.25, 0.3) is 0 Å². The molecular weight excluding hydrogens is 266 g/mol. The molecule has 0 aromatic heterocycles. The summed E-state index contributed by atoms with van der Waals surface area (Å²) in [5.41, 5.74) is 2.28. The summed E-state index contributed by atoms with van der Waals surface area (Å²) >= 11 is 1.50. The van der Waals surface area contributed by atoms with E-state index in [4.69, 9.17) is 10.5 Å². The maximum Gasteiger partial charge on any atom is 0.100 e. The van der Waals surface area contributed by atoms with Crippen LogP contribution in [0.15, 0.2) is 52.3 Å². The zero-order valence-electron chi connectivity index (χ0n) is 11.3. The van der Waals surface area contributed by atoms with Crippen molar-refractivity contribution in [1.29, 1.82) is 10.5 Å². The van der Waals surface area contributed by atoms with Gasteiger partial charge in [0.05, 0.1) is 17.2 Å². The molecule has 0 aliphatic rings. The van der Waals surface area contributed by atoms with Crippen molar-refractivity contribution in [3.8, 4) is 12.1 Å². The number of hydrogen-bond acceptors (Lipinski definition) is 4. The summed E-state index contributed by atoms with van der Waals surface area (Å²) in [5.74, 6) is 0. The lowest BCUT2D eigenvalue weighted by molar-refractivity contribution is 1.13. The second-order valence-electron chi connectivity index (χ2n) is 4.42. The highest BCUT2D eigenvalue weighted by Gasteiger charge is 2.06. The normalized spacial score (nSPS) is 9.60. The number of anilines is 1. The summed E-state index contributed by atoms with van der Waals surface area (Å²) in [6, 6.07) is 17.5. The Labute approximate surface area is 123 Å². The van der Waals surface area contributed by atoms with Gasteiger partial charge in [-0.05, 0) is 42.5 Å². The van der Waals surface area contributed by atoms with Crippen LogP contribution in [0.2, 0.25) is 0 Å². The molecular formula is C16H13N3S. The number of nitrogens with zero attached hydrogens (tertiary/aromatic N) is 3. The van der Waals surface area contributed by atoms with Crippen LogP contribution < -0.4 is 4.90 Å². The Morgan fingerprint density at radius 2 is 1.65 bits per heavy atom. The zero-order chi connectivity index (χ0) is 14.5. The standard InChI is InChI=1S/C16H13N3S/c1-19(2)14-5-7-15(8-6-14)20-16-9-12(10-17)3-4-13(16)11-18/h3-9H,1-2H3. The third-order valence-corrected chi connectivity index (χ3v) is 3.88. The Hall–Kier alpha value is -2.43. The van der Waals surface area contributed by atoms with Crippen molar-refractivity contribution in [1.82, 2.24) is 0 Å². The predicted molar refractivity (Wildman–Crippen MR) is 80.8 cm³/mol. The molecule has 0 spiro atoms. The predicted octanol–water partition coefficient (Wildman–Crippen LogP) is 3.65. The lowest BCUT2D eigenvalue weighted by atomic mass is 10.2. The first kappa shape index (κ1) is 14.0. The fourth-order valence-electron chi connectivity index (χ4n) is 1.71. The topological polar surface area (TPSA) is 50.8 Å². The molecule has 2 aromatic rings. The minimum atomic E-state index is 0.566. The van der Waals surface area contributed by atoms with Crippen molar-refractivity contribution < 1.29 is 0 Å². The molecule has 0 aliphatic heterocycles. The Balaban J connectivity index is 2.30. The SMILES string of the molecule is CN(C)c1ccc(Sc2cc(C#N)ccc2C#N)cc1. The van der Waals surface area contributed by atoms with Crippen LogP contribution in [0, 0.1) is 22.7 Å². The van der Waals surface area contributed by atoms with Gasteiger partial charge >= 0.3 is 0 Å². The van der Waals surface area contributed by atoms with Gasteiger partial charge in [-0.15, -0.1) is 0 Å². The molecule has 0 saturated carbocycles. The van der Waals surface area contributed by atoms with E-state index in [9.17, 15) is 0 Å². The number of rotatable bonds is 3. The minimum Gasteiger partial charge on any atom is -0.378 e. The Bertz CT molecular complexity index is 691. The smallest absolute Gasteiger partial charge is 0.100 e. The summed E-state index contributed by atoms with van der Waals surface area (Å²) in [5, 5.41) is 18.1. The third kappa shape index (κ3) is 3.12. The van der Waals surface area contributed by atoms with E-state index in [1.807, 2.05) is 43.3 Å². The fraction of sp³-hybridized carbons (Fsp3) is 0.125. The van der Waals surface area contributed by atoms with E-state index in [-0.39, 0.29) is 0 Å². The Kier molecular flexibility index (Phi) is 4.30. The van der Waals surface area contributed by atoms with Crippen molar-refractivity contribution in [2.24, 2.45) is 0 Å². The highest BCUT2D eigenvalue weighted by atomic mass is 32.2. The van der Waals surface area contributed by atoms with Gasteiger partial charge in [-0.25, -0.2) is 0 Å². The molecule has 20 heavy (non-hydrogen) atoms. The quantitative estimate of drug-likeness (QED) is 0.860. The molecule has 0 radical (unpaired) electrons. The molecule has 0 fully saturated rings. The van der Waals surface area contributed by atoms with Crippen molar-refractivity contribution in [2.75, 3.05) is 19.0 Å². The summed E-state index contributed by atoms with van der Waals surface area (Å²) in [6.07, 6.45) is 0. The highest BCUT2D eigenvalue weighted by molar-refractivity contribution is 7.99. The molecule has 0 bridgehead atoms. The molecule has 4 heteroatoms. The van der Waals surface area contributed by atoms with Gasteiger partial charge in [0, 0.05) is 29.6 Å². The third-order valence-electron chi connectivity index (χ3n) is 2.81. The Morgan fingerprint density at radius 3 is 2.20 bits per heavy atom. The summed E-state index contributed by atoms with van der Waals surface area (Å²) in [4.78, 5) is 3.89. The first-order valence-corrected chi connectivity index (χ1v) is 6.85. The van der Waals surface area contributed by atoms with Gasteiger partial charge < -0.3 is 4.90 Å². The Morgan fingerprint density at radius 1 is 0.950 bits per heavy atom. The molecule has 0 atom stereocenters. The van der Waals surface area contributed by atoms with Crippen molar-refractivity contribution in [3.05, 3.63) is 53.6 Å². The van der Waals surface area contributed by atoms with Gasteiger partial charge in [0.1, 0.15) is 6.07 Å². The van der Waals surface area contributed by atoms with Crippen LogP contribution in [0.25, 0.3) is 0 Å². The lowest BCUT2D eigenvalue weighted by Crippen LogP contribution is -2.07. The maximum atomic E-state index is 9.12. The van der Waals surface area contributed by atoms with E-state index in [1.165, 1.54) is 11.8 Å².